The lowest BCUT2D eigenvalue weighted by Crippen LogP contribution is -1.68. The molecule has 1 aromatic rings. The van der Waals surface area contributed by atoms with Crippen molar-refractivity contribution in [2.45, 2.75) is 0 Å². The zero-order valence-corrected chi connectivity index (χ0v) is 6.21. The van der Waals surface area contributed by atoms with Gasteiger partial charge in [-0.2, -0.15) is 0 Å². The van der Waals surface area contributed by atoms with Crippen LogP contribution in [0.5, 0.6) is 5.75 Å². The standard InChI is InChI=1S/C6H4IO/c7-5-3-1-2-4-6(5)8/h1-2,4,8H. The Kier molecular flexibility index (Phi) is 1.73. The number of rotatable bonds is 0. The molecule has 0 spiro atoms. The Balaban J connectivity index is 3.13. The van der Waals surface area contributed by atoms with Gasteiger partial charge in [0, 0.05) is 0 Å². The molecule has 1 radical (unpaired) electrons. The maximum absolute atomic E-state index is 8.88. The third kappa shape index (κ3) is 1.12. The Morgan fingerprint density at radius 2 is 2.38 bits per heavy atom. The van der Waals surface area contributed by atoms with Crippen molar-refractivity contribution in [3.8, 4) is 5.75 Å². The predicted molar refractivity (Wildman–Crippen MR) is 39.7 cm³/mol. The Morgan fingerprint density at radius 1 is 1.62 bits per heavy atom. The summed E-state index contributed by atoms with van der Waals surface area (Å²) in [5, 5.41) is 8.88. The molecule has 0 aliphatic heterocycles. The number of halogens is 1. The number of aromatic hydroxyl groups is 1. The summed E-state index contributed by atoms with van der Waals surface area (Å²) in [4.78, 5) is 0. The SMILES string of the molecule is Oc1ccc[c]c1I. The van der Waals surface area contributed by atoms with Gasteiger partial charge in [0.25, 0.3) is 0 Å². The zero-order chi connectivity index (χ0) is 5.98. The molecule has 41 valence electrons. The van der Waals surface area contributed by atoms with Crippen LogP contribution in [0, 0.1) is 9.64 Å². The van der Waals surface area contributed by atoms with Crippen molar-refractivity contribution in [1.82, 2.24) is 0 Å². The van der Waals surface area contributed by atoms with Crippen LogP contribution >= 0.6 is 22.6 Å². The lowest BCUT2D eigenvalue weighted by Gasteiger charge is -1.89. The highest BCUT2D eigenvalue weighted by Crippen LogP contribution is 2.15. The highest BCUT2D eigenvalue weighted by atomic mass is 127. The summed E-state index contributed by atoms with van der Waals surface area (Å²) < 4.78 is 0.769. The average Bonchev–Trinajstić information content (AvgIpc) is 1.77. The number of hydrogen-bond acceptors (Lipinski definition) is 1. The van der Waals surface area contributed by atoms with Crippen LogP contribution in [0.4, 0.5) is 0 Å². The molecule has 0 amide bonds. The van der Waals surface area contributed by atoms with Crippen molar-refractivity contribution in [3.05, 3.63) is 27.8 Å². The summed E-state index contributed by atoms with van der Waals surface area (Å²) in [5.41, 5.74) is 0. The van der Waals surface area contributed by atoms with Crippen LogP contribution in [0.15, 0.2) is 18.2 Å². The van der Waals surface area contributed by atoms with E-state index in [0.29, 0.717) is 5.75 Å². The Labute approximate surface area is 61.5 Å². The molecule has 0 saturated heterocycles. The minimum atomic E-state index is 0.299. The van der Waals surface area contributed by atoms with Gasteiger partial charge in [-0.15, -0.1) is 0 Å². The van der Waals surface area contributed by atoms with E-state index in [4.69, 9.17) is 5.11 Å². The maximum atomic E-state index is 8.88. The van der Waals surface area contributed by atoms with E-state index in [1.165, 1.54) is 0 Å². The molecule has 0 atom stereocenters. The monoisotopic (exact) mass is 219 g/mol. The second-order valence-electron chi connectivity index (χ2n) is 1.37. The molecule has 1 aromatic carbocycles. The van der Waals surface area contributed by atoms with Gasteiger partial charge in [0.05, 0.1) is 3.57 Å². The summed E-state index contributed by atoms with van der Waals surface area (Å²) in [6.45, 7) is 0. The Bertz CT molecular complexity index is 165. The smallest absolute Gasteiger partial charge is 0.129 e. The van der Waals surface area contributed by atoms with Crippen molar-refractivity contribution in [2.24, 2.45) is 0 Å². The van der Waals surface area contributed by atoms with E-state index in [1.54, 1.807) is 18.2 Å². The molecular weight excluding hydrogens is 215 g/mol. The van der Waals surface area contributed by atoms with Crippen LogP contribution in [-0.4, -0.2) is 5.11 Å². The van der Waals surface area contributed by atoms with Crippen LogP contribution in [0.2, 0.25) is 0 Å². The number of phenolic OH excluding ortho intramolecular Hbond substituents is 1. The molecule has 8 heavy (non-hydrogen) atoms. The van der Waals surface area contributed by atoms with E-state index in [-0.39, 0.29) is 0 Å². The van der Waals surface area contributed by atoms with Gasteiger partial charge in [-0.1, -0.05) is 12.1 Å². The van der Waals surface area contributed by atoms with Crippen LogP contribution in [0.3, 0.4) is 0 Å². The molecule has 0 unspecified atom stereocenters. The fraction of sp³-hybridized carbons (Fsp3) is 0. The second kappa shape index (κ2) is 2.35. The molecule has 0 bridgehead atoms. The second-order valence-corrected chi connectivity index (χ2v) is 2.45. The lowest BCUT2D eigenvalue weighted by molar-refractivity contribution is 0.471. The summed E-state index contributed by atoms with van der Waals surface area (Å²) in [6.07, 6.45) is 0. The van der Waals surface area contributed by atoms with Crippen molar-refractivity contribution in [1.29, 1.82) is 0 Å². The van der Waals surface area contributed by atoms with Gasteiger partial charge >= 0.3 is 0 Å². The first kappa shape index (κ1) is 5.88. The van der Waals surface area contributed by atoms with Crippen LogP contribution in [-0.2, 0) is 0 Å². The van der Waals surface area contributed by atoms with Gasteiger partial charge in [0.2, 0.25) is 0 Å². The molecule has 1 rings (SSSR count). The van der Waals surface area contributed by atoms with Gasteiger partial charge in [-0.25, -0.2) is 0 Å². The van der Waals surface area contributed by atoms with Crippen molar-refractivity contribution in [2.75, 3.05) is 0 Å². The largest absolute Gasteiger partial charge is 0.507 e. The zero-order valence-electron chi connectivity index (χ0n) is 4.06. The van der Waals surface area contributed by atoms with Crippen molar-refractivity contribution in [3.63, 3.8) is 0 Å². The highest BCUT2D eigenvalue weighted by Gasteiger charge is 1.89. The first-order chi connectivity index (χ1) is 3.80. The molecule has 0 heterocycles. The number of hydrogen-bond donors (Lipinski definition) is 1. The Hall–Kier alpha value is -0.250. The average molecular weight is 219 g/mol. The lowest BCUT2D eigenvalue weighted by atomic mass is 10.3. The molecule has 2 heteroatoms. The van der Waals surface area contributed by atoms with E-state index >= 15 is 0 Å². The third-order valence-electron chi connectivity index (χ3n) is 0.785. The first-order valence-corrected chi connectivity index (χ1v) is 3.24. The van der Waals surface area contributed by atoms with E-state index in [9.17, 15) is 0 Å². The summed E-state index contributed by atoms with van der Waals surface area (Å²) in [7, 11) is 0. The van der Waals surface area contributed by atoms with Gasteiger partial charge in [-0.05, 0) is 34.7 Å². The molecular formula is C6H4IO. The highest BCUT2D eigenvalue weighted by molar-refractivity contribution is 14.1. The summed E-state index contributed by atoms with van der Waals surface area (Å²) in [5.74, 6) is 0.299. The van der Waals surface area contributed by atoms with Gasteiger partial charge in [-0.3, -0.25) is 0 Å². The van der Waals surface area contributed by atoms with Gasteiger partial charge in [0.15, 0.2) is 0 Å². The third-order valence-corrected chi connectivity index (χ3v) is 1.65. The van der Waals surface area contributed by atoms with E-state index in [1.807, 2.05) is 22.6 Å². The van der Waals surface area contributed by atoms with Crippen LogP contribution in [0.25, 0.3) is 0 Å². The summed E-state index contributed by atoms with van der Waals surface area (Å²) in [6, 6.07) is 7.99. The molecule has 1 nitrogen and oxygen atoms in total. The van der Waals surface area contributed by atoms with Crippen LogP contribution in [0.1, 0.15) is 0 Å². The first-order valence-electron chi connectivity index (χ1n) is 2.16. The van der Waals surface area contributed by atoms with Crippen molar-refractivity contribution >= 4 is 22.6 Å². The normalized spacial score (nSPS) is 9.12. The minimum Gasteiger partial charge on any atom is -0.507 e. The van der Waals surface area contributed by atoms with Crippen LogP contribution < -0.4 is 0 Å². The number of benzene rings is 1. The molecule has 0 aliphatic rings. The minimum absolute atomic E-state index is 0.299. The molecule has 0 saturated carbocycles. The molecule has 0 aromatic heterocycles. The van der Waals surface area contributed by atoms with Gasteiger partial charge < -0.3 is 5.11 Å². The predicted octanol–water partition coefficient (Wildman–Crippen LogP) is 1.80. The molecule has 0 aliphatic carbocycles. The van der Waals surface area contributed by atoms with E-state index in [2.05, 4.69) is 6.07 Å². The summed E-state index contributed by atoms with van der Waals surface area (Å²) >= 11 is 2.02. The number of phenols is 1. The molecule has 1 N–H and O–H groups in total. The van der Waals surface area contributed by atoms with E-state index < -0.39 is 0 Å². The van der Waals surface area contributed by atoms with E-state index in [0.717, 1.165) is 3.57 Å². The fourth-order valence-corrected chi connectivity index (χ4v) is 0.767. The topological polar surface area (TPSA) is 20.2 Å². The fourth-order valence-electron chi connectivity index (χ4n) is 0.408. The maximum Gasteiger partial charge on any atom is 0.129 e. The Morgan fingerprint density at radius 3 is 2.75 bits per heavy atom. The van der Waals surface area contributed by atoms with Gasteiger partial charge in [0.1, 0.15) is 5.75 Å². The quantitative estimate of drug-likeness (QED) is 0.659. The molecule has 0 fully saturated rings. The van der Waals surface area contributed by atoms with Crippen molar-refractivity contribution < 1.29 is 5.11 Å².